The smallest absolute Gasteiger partial charge is 0.136 e. The van der Waals surface area contributed by atoms with Gasteiger partial charge in [-0.2, -0.15) is 0 Å². The molecule has 1 aromatic heterocycles. The van der Waals surface area contributed by atoms with E-state index in [0.717, 1.165) is 21.9 Å². The summed E-state index contributed by atoms with van der Waals surface area (Å²) in [5.74, 6) is 0. The van der Waals surface area contributed by atoms with Gasteiger partial charge in [-0.15, -0.1) is 0 Å². The fourth-order valence-corrected chi connectivity index (χ4v) is 7.67. The van der Waals surface area contributed by atoms with E-state index in [9.17, 15) is 0 Å². The molecule has 0 bridgehead atoms. The second-order valence-corrected chi connectivity index (χ2v) is 12.5. The molecule has 0 saturated heterocycles. The van der Waals surface area contributed by atoms with E-state index in [0.29, 0.717) is 0 Å². The third kappa shape index (κ3) is 4.03. The van der Waals surface area contributed by atoms with Crippen LogP contribution in [0.25, 0.3) is 98.4 Å². The summed E-state index contributed by atoms with van der Waals surface area (Å²) in [7, 11) is 0. The molecule has 0 aliphatic carbocycles. The van der Waals surface area contributed by atoms with Crippen LogP contribution in [0.2, 0.25) is 0 Å². The van der Waals surface area contributed by atoms with Crippen molar-refractivity contribution >= 4 is 65.0 Å². The molecule has 0 aliphatic heterocycles. The average molecular weight is 597 g/mol. The normalized spacial score (nSPS) is 11.8. The lowest BCUT2D eigenvalue weighted by molar-refractivity contribution is 0.669. The van der Waals surface area contributed by atoms with Crippen LogP contribution in [0.4, 0.5) is 0 Å². The lowest BCUT2D eigenvalue weighted by Gasteiger charge is -2.19. The Hall–Kier alpha value is -6.18. The minimum atomic E-state index is 0.911. The molecule has 47 heavy (non-hydrogen) atoms. The number of fused-ring (bicyclic) bond motifs is 7. The van der Waals surface area contributed by atoms with Gasteiger partial charge in [0.1, 0.15) is 11.2 Å². The van der Waals surface area contributed by atoms with Crippen molar-refractivity contribution in [1.29, 1.82) is 0 Å². The highest BCUT2D eigenvalue weighted by atomic mass is 16.3. The fraction of sp³-hybridized carbons (Fsp3) is 0. The van der Waals surface area contributed by atoms with E-state index in [1.807, 2.05) is 6.07 Å². The van der Waals surface area contributed by atoms with Crippen LogP contribution in [0.1, 0.15) is 0 Å². The van der Waals surface area contributed by atoms with Gasteiger partial charge in [-0.25, -0.2) is 0 Å². The van der Waals surface area contributed by atoms with Gasteiger partial charge in [-0.05, 0) is 107 Å². The molecule has 0 N–H and O–H groups in total. The number of hydrogen-bond acceptors (Lipinski definition) is 1. The Kier molecular flexibility index (Phi) is 5.64. The Balaban J connectivity index is 1.34. The molecule has 10 rings (SSSR count). The molecule has 1 heteroatoms. The van der Waals surface area contributed by atoms with Gasteiger partial charge in [0, 0.05) is 10.8 Å². The number of rotatable bonds is 3. The first-order valence-electron chi connectivity index (χ1n) is 16.2. The zero-order valence-corrected chi connectivity index (χ0v) is 25.6. The summed E-state index contributed by atoms with van der Waals surface area (Å²) in [6, 6.07) is 61.8. The van der Waals surface area contributed by atoms with E-state index >= 15 is 0 Å². The SMILES string of the molecule is c1ccc2cc(-c3c4ccccc4c(-c4ccc5ccccc5c4)c4cc(-c5cccc6oc7ccccc7c56)ccc34)ccc2c1. The van der Waals surface area contributed by atoms with Crippen LogP contribution >= 0.6 is 0 Å². The number of benzene rings is 9. The monoisotopic (exact) mass is 596 g/mol. The van der Waals surface area contributed by atoms with Gasteiger partial charge in [0.25, 0.3) is 0 Å². The van der Waals surface area contributed by atoms with Crippen molar-refractivity contribution in [1.82, 2.24) is 0 Å². The Morgan fingerprint density at radius 1 is 0.298 bits per heavy atom. The summed E-state index contributed by atoms with van der Waals surface area (Å²) in [5.41, 5.74) is 9.16. The molecule has 9 aromatic carbocycles. The molecule has 0 fully saturated rings. The zero-order chi connectivity index (χ0) is 30.9. The third-order valence-corrected chi connectivity index (χ3v) is 9.81. The van der Waals surface area contributed by atoms with E-state index in [-0.39, 0.29) is 0 Å². The first-order chi connectivity index (χ1) is 23.3. The summed E-state index contributed by atoms with van der Waals surface area (Å²) < 4.78 is 6.31. The Morgan fingerprint density at radius 2 is 0.809 bits per heavy atom. The van der Waals surface area contributed by atoms with Crippen molar-refractivity contribution in [2.75, 3.05) is 0 Å². The van der Waals surface area contributed by atoms with E-state index in [1.165, 1.54) is 76.5 Å². The number of hydrogen-bond donors (Lipinski definition) is 0. The van der Waals surface area contributed by atoms with Gasteiger partial charge < -0.3 is 4.42 Å². The second-order valence-electron chi connectivity index (χ2n) is 12.5. The highest BCUT2D eigenvalue weighted by molar-refractivity contribution is 6.23. The molecule has 0 spiro atoms. The maximum atomic E-state index is 6.31. The summed E-state index contributed by atoms with van der Waals surface area (Å²) in [6.07, 6.45) is 0. The molecule has 0 radical (unpaired) electrons. The van der Waals surface area contributed by atoms with Crippen LogP contribution < -0.4 is 0 Å². The van der Waals surface area contributed by atoms with Crippen molar-refractivity contribution in [3.05, 3.63) is 170 Å². The second kappa shape index (κ2) is 10.2. The highest BCUT2D eigenvalue weighted by Crippen LogP contribution is 2.46. The van der Waals surface area contributed by atoms with Crippen LogP contribution in [0.15, 0.2) is 174 Å². The lowest BCUT2D eigenvalue weighted by Crippen LogP contribution is -1.92. The zero-order valence-electron chi connectivity index (χ0n) is 25.6. The van der Waals surface area contributed by atoms with Crippen LogP contribution in [0.5, 0.6) is 0 Å². The van der Waals surface area contributed by atoms with Crippen molar-refractivity contribution in [2.45, 2.75) is 0 Å². The van der Waals surface area contributed by atoms with Crippen LogP contribution in [-0.4, -0.2) is 0 Å². The minimum Gasteiger partial charge on any atom is -0.456 e. The summed E-state index contributed by atoms with van der Waals surface area (Å²) >= 11 is 0. The van der Waals surface area contributed by atoms with Gasteiger partial charge in [0.2, 0.25) is 0 Å². The fourth-order valence-electron chi connectivity index (χ4n) is 7.67. The van der Waals surface area contributed by atoms with Gasteiger partial charge in [-0.1, -0.05) is 140 Å². The van der Waals surface area contributed by atoms with E-state index < -0.39 is 0 Å². The number of furan rings is 1. The molecular weight excluding hydrogens is 569 g/mol. The van der Waals surface area contributed by atoms with Crippen molar-refractivity contribution in [3.8, 4) is 33.4 Å². The molecule has 0 atom stereocenters. The van der Waals surface area contributed by atoms with Crippen LogP contribution in [0, 0.1) is 0 Å². The van der Waals surface area contributed by atoms with Crippen LogP contribution in [0.3, 0.4) is 0 Å². The van der Waals surface area contributed by atoms with Gasteiger partial charge in [0.05, 0.1) is 0 Å². The van der Waals surface area contributed by atoms with Crippen LogP contribution in [-0.2, 0) is 0 Å². The predicted molar refractivity (Wildman–Crippen MR) is 200 cm³/mol. The predicted octanol–water partition coefficient (Wildman–Crippen LogP) is 13.2. The number of para-hydroxylation sites is 1. The van der Waals surface area contributed by atoms with E-state index in [1.54, 1.807) is 0 Å². The van der Waals surface area contributed by atoms with Gasteiger partial charge in [0.15, 0.2) is 0 Å². The molecule has 0 amide bonds. The molecular formula is C46H28O. The van der Waals surface area contributed by atoms with Gasteiger partial charge >= 0.3 is 0 Å². The molecule has 10 aromatic rings. The highest BCUT2D eigenvalue weighted by Gasteiger charge is 2.19. The largest absolute Gasteiger partial charge is 0.456 e. The molecule has 0 unspecified atom stereocenters. The Labute approximate surface area is 271 Å². The standard InChI is InChI=1S/C46H28O/c1-3-12-31-26-34(22-20-29(31)10-1)44-37-14-5-6-15-38(37)45(35-23-21-30-11-2-4-13-32(30)27-35)41-28-33(24-25-39(41)44)36-17-9-19-43-46(36)40-16-7-8-18-42(40)47-43/h1-28H. The molecule has 218 valence electrons. The Morgan fingerprint density at radius 3 is 1.49 bits per heavy atom. The minimum absolute atomic E-state index is 0.911. The van der Waals surface area contributed by atoms with E-state index in [4.69, 9.17) is 4.42 Å². The molecule has 1 heterocycles. The van der Waals surface area contributed by atoms with Crippen molar-refractivity contribution in [2.24, 2.45) is 0 Å². The maximum Gasteiger partial charge on any atom is 0.136 e. The summed E-state index contributed by atoms with van der Waals surface area (Å²) in [4.78, 5) is 0. The lowest BCUT2D eigenvalue weighted by atomic mass is 9.84. The topological polar surface area (TPSA) is 13.1 Å². The third-order valence-electron chi connectivity index (χ3n) is 9.81. The molecule has 1 nitrogen and oxygen atoms in total. The van der Waals surface area contributed by atoms with Gasteiger partial charge in [-0.3, -0.25) is 0 Å². The van der Waals surface area contributed by atoms with Crippen molar-refractivity contribution < 1.29 is 4.42 Å². The first-order valence-corrected chi connectivity index (χ1v) is 16.2. The first kappa shape index (κ1) is 26.1. The quantitative estimate of drug-likeness (QED) is 0.185. The summed E-state index contributed by atoms with van der Waals surface area (Å²) in [5, 5.41) is 12.3. The summed E-state index contributed by atoms with van der Waals surface area (Å²) in [6.45, 7) is 0. The van der Waals surface area contributed by atoms with Crippen molar-refractivity contribution in [3.63, 3.8) is 0 Å². The maximum absolute atomic E-state index is 6.31. The Bertz CT molecular complexity index is 2850. The molecule has 0 saturated carbocycles. The molecule has 0 aliphatic rings. The van der Waals surface area contributed by atoms with E-state index in [2.05, 4.69) is 164 Å². The average Bonchev–Trinajstić information content (AvgIpc) is 3.52.